The molecule has 0 saturated carbocycles. The number of hydrogen-bond acceptors (Lipinski definition) is 5. The van der Waals surface area contributed by atoms with Gasteiger partial charge < -0.3 is 4.40 Å². The number of pyridine rings is 2. The Labute approximate surface area is 203 Å². The van der Waals surface area contributed by atoms with Crippen molar-refractivity contribution in [2.45, 2.75) is 39.8 Å². The van der Waals surface area contributed by atoms with E-state index in [-0.39, 0.29) is 5.95 Å². The van der Waals surface area contributed by atoms with Crippen molar-refractivity contribution in [1.29, 1.82) is 0 Å². The van der Waals surface area contributed by atoms with E-state index in [0.717, 1.165) is 53.7 Å². The maximum Gasteiger partial charge on any atom is 0.217 e. The molecule has 7 nitrogen and oxygen atoms in total. The zero-order valence-corrected chi connectivity index (χ0v) is 20.0. The van der Waals surface area contributed by atoms with E-state index in [4.69, 9.17) is 0 Å². The molecule has 5 aromatic rings. The highest BCUT2D eigenvalue weighted by atomic mass is 19.1. The molecule has 4 aromatic heterocycles. The van der Waals surface area contributed by atoms with Crippen LogP contribution in [0.5, 0.6) is 0 Å². The molecule has 1 aromatic carbocycles. The zero-order chi connectivity index (χ0) is 24.0. The maximum absolute atomic E-state index is 14.8. The van der Waals surface area contributed by atoms with E-state index in [9.17, 15) is 4.39 Å². The molecule has 0 amide bonds. The second kappa shape index (κ2) is 8.53. The Morgan fingerprint density at radius 2 is 1.91 bits per heavy atom. The van der Waals surface area contributed by atoms with Gasteiger partial charge in [0.15, 0.2) is 0 Å². The van der Waals surface area contributed by atoms with E-state index in [1.165, 1.54) is 0 Å². The Kier molecular flexibility index (Phi) is 5.33. The first-order valence-corrected chi connectivity index (χ1v) is 12.1. The molecule has 6 rings (SSSR count). The largest absolute Gasteiger partial charge is 0.306 e. The first kappa shape index (κ1) is 21.9. The Morgan fingerprint density at radius 1 is 1.06 bits per heavy atom. The lowest BCUT2D eigenvalue weighted by atomic mass is 9.82. The second-order valence-corrected chi connectivity index (χ2v) is 10.3. The fourth-order valence-corrected chi connectivity index (χ4v) is 4.86. The van der Waals surface area contributed by atoms with Gasteiger partial charge in [0.1, 0.15) is 5.69 Å². The van der Waals surface area contributed by atoms with E-state index >= 15 is 0 Å². The third-order valence-electron chi connectivity index (χ3n) is 7.12. The Balaban J connectivity index is 1.23. The van der Waals surface area contributed by atoms with Gasteiger partial charge in [-0.1, -0.05) is 25.1 Å². The molecular formula is C27H28FN7. The number of likely N-dealkylation sites (tertiary alicyclic amines) is 1. The van der Waals surface area contributed by atoms with Crippen LogP contribution in [0.4, 0.5) is 4.39 Å². The van der Waals surface area contributed by atoms with Crippen molar-refractivity contribution in [3.05, 3.63) is 78.4 Å². The molecule has 0 unspecified atom stereocenters. The van der Waals surface area contributed by atoms with Crippen molar-refractivity contribution >= 4 is 16.4 Å². The van der Waals surface area contributed by atoms with Gasteiger partial charge in [0.25, 0.3) is 0 Å². The van der Waals surface area contributed by atoms with Gasteiger partial charge in [-0.3, -0.25) is 4.90 Å². The van der Waals surface area contributed by atoms with E-state index in [1.54, 1.807) is 6.33 Å². The van der Waals surface area contributed by atoms with Crippen LogP contribution in [0.3, 0.4) is 0 Å². The number of aromatic nitrogens is 6. The van der Waals surface area contributed by atoms with E-state index in [0.29, 0.717) is 29.6 Å². The summed E-state index contributed by atoms with van der Waals surface area (Å²) in [5, 5.41) is 9.66. The molecule has 0 N–H and O–H groups in total. The molecule has 1 saturated heterocycles. The Hall–Kier alpha value is -3.65. The maximum atomic E-state index is 14.8. The lowest BCUT2D eigenvalue weighted by molar-refractivity contribution is 0.126. The van der Waals surface area contributed by atoms with Crippen molar-refractivity contribution in [1.82, 2.24) is 34.3 Å². The van der Waals surface area contributed by atoms with E-state index in [2.05, 4.69) is 45.1 Å². The van der Waals surface area contributed by atoms with E-state index < -0.39 is 0 Å². The second-order valence-electron chi connectivity index (χ2n) is 10.3. The first-order chi connectivity index (χ1) is 16.9. The molecule has 178 valence electrons. The summed E-state index contributed by atoms with van der Waals surface area (Å²) in [6.45, 7) is 7.76. The van der Waals surface area contributed by atoms with Gasteiger partial charge in [-0.25, -0.2) is 14.6 Å². The van der Waals surface area contributed by atoms with Crippen molar-refractivity contribution in [2.24, 2.45) is 5.41 Å². The third kappa shape index (κ3) is 4.41. The van der Waals surface area contributed by atoms with Gasteiger partial charge >= 0.3 is 0 Å². The summed E-state index contributed by atoms with van der Waals surface area (Å²) in [5.74, 6) is -0.370. The van der Waals surface area contributed by atoms with Gasteiger partial charge in [0, 0.05) is 29.3 Å². The monoisotopic (exact) mass is 469 g/mol. The molecule has 8 heteroatoms. The highest BCUT2D eigenvalue weighted by Gasteiger charge is 2.26. The van der Waals surface area contributed by atoms with Crippen LogP contribution in [0.2, 0.25) is 0 Å². The standard InChI is InChI=1S/C27H28FN7/c1-27(2)7-10-33(11-8-27)16-21-13-20-12-19(5-6-23(20)30-26(21)28)15-35-17-24(31-32-35)22-4-3-9-34-18-29-14-25(22)34/h3-6,9,12-14,17-18H,7-8,10-11,15-16H2,1-2H3. The minimum Gasteiger partial charge on any atom is -0.306 e. The lowest BCUT2D eigenvalue weighted by Crippen LogP contribution is -2.37. The summed E-state index contributed by atoms with van der Waals surface area (Å²) in [7, 11) is 0. The number of halogens is 1. The van der Waals surface area contributed by atoms with Crippen LogP contribution >= 0.6 is 0 Å². The third-order valence-corrected chi connectivity index (χ3v) is 7.12. The van der Waals surface area contributed by atoms with Crippen LogP contribution in [-0.4, -0.2) is 47.4 Å². The van der Waals surface area contributed by atoms with E-state index in [1.807, 2.05) is 58.0 Å². The molecule has 5 heterocycles. The molecule has 0 spiro atoms. The summed E-state index contributed by atoms with van der Waals surface area (Å²) in [6, 6.07) is 11.9. The van der Waals surface area contributed by atoms with Gasteiger partial charge in [-0.05, 0) is 67.2 Å². The molecule has 0 atom stereocenters. The van der Waals surface area contributed by atoms with Crippen LogP contribution < -0.4 is 0 Å². The van der Waals surface area contributed by atoms with Crippen LogP contribution in [-0.2, 0) is 13.1 Å². The fourth-order valence-electron chi connectivity index (χ4n) is 4.86. The lowest BCUT2D eigenvalue weighted by Gasteiger charge is -2.36. The predicted molar refractivity (Wildman–Crippen MR) is 133 cm³/mol. The fraction of sp³-hybridized carbons (Fsp3) is 0.333. The van der Waals surface area contributed by atoms with Crippen LogP contribution in [0.15, 0.2) is 61.3 Å². The number of imidazole rings is 1. The van der Waals surface area contributed by atoms with Gasteiger partial charge in [-0.15, -0.1) is 5.10 Å². The van der Waals surface area contributed by atoms with Crippen molar-refractivity contribution in [3.8, 4) is 11.3 Å². The van der Waals surface area contributed by atoms with Crippen molar-refractivity contribution < 1.29 is 4.39 Å². The average Bonchev–Trinajstić information content (AvgIpc) is 3.50. The smallest absolute Gasteiger partial charge is 0.217 e. The molecule has 0 bridgehead atoms. The number of hydrogen-bond donors (Lipinski definition) is 0. The van der Waals surface area contributed by atoms with Crippen LogP contribution in [0.1, 0.15) is 37.8 Å². The molecule has 0 radical (unpaired) electrons. The number of fused-ring (bicyclic) bond motifs is 2. The Morgan fingerprint density at radius 3 is 2.77 bits per heavy atom. The van der Waals surface area contributed by atoms with Crippen LogP contribution in [0.25, 0.3) is 27.7 Å². The molecule has 1 fully saturated rings. The van der Waals surface area contributed by atoms with Gasteiger partial charge in [0.2, 0.25) is 5.95 Å². The average molecular weight is 470 g/mol. The molecule has 0 aliphatic carbocycles. The number of nitrogens with zero attached hydrogens (tertiary/aromatic N) is 7. The van der Waals surface area contributed by atoms with Crippen molar-refractivity contribution in [2.75, 3.05) is 13.1 Å². The summed E-state index contributed by atoms with van der Waals surface area (Å²) in [6.07, 6.45) is 9.77. The topological polar surface area (TPSA) is 64.1 Å². The summed E-state index contributed by atoms with van der Waals surface area (Å²) in [4.78, 5) is 10.8. The van der Waals surface area contributed by atoms with Crippen molar-refractivity contribution in [3.63, 3.8) is 0 Å². The van der Waals surface area contributed by atoms with Gasteiger partial charge in [-0.2, -0.15) is 4.39 Å². The minimum absolute atomic E-state index is 0.370. The highest BCUT2D eigenvalue weighted by Crippen LogP contribution is 2.31. The molecule has 1 aliphatic heterocycles. The van der Waals surface area contributed by atoms with Crippen LogP contribution in [0, 0.1) is 11.4 Å². The summed E-state index contributed by atoms with van der Waals surface area (Å²) in [5.41, 5.74) is 5.54. The number of benzene rings is 1. The summed E-state index contributed by atoms with van der Waals surface area (Å²) >= 11 is 0. The minimum atomic E-state index is -0.370. The predicted octanol–water partition coefficient (Wildman–Crippen LogP) is 4.95. The Bertz CT molecular complexity index is 1510. The van der Waals surface area contributed by atoms with Gasteiger partial charge in [0.05, 0.1) is 36.3 Å². The summed E-state index contributed by atoms with van der Waals surface area (Å²) < 4.78 is 18.5. The zero-order valence-electron chi connectivity index (χ0n) is 20.0. The molecule has 1 aliphatic rings. The molecule has 35 heavy (non-hydrogen) atoms. The normalized spacial score (nSPS) is 16.3. The number of piperidine rings is 1. The number of rotatable bonds is 5. The SMILES string of the molecule is CC1(C)CCN(Cc2cc3cc(Cn4cc(-c5cccn6cncc56)nn4)ccc3nc2F)CC1. The first-order valence-electron chi connectivity index (χ1n) is 12.1. The quantitative estimate of drug-likeness (QED) is 0.341. The molecular weight excluding hydrogens is 441 g/mol. The highest BCUT2D eigenvalue weighted by molar-refractivity contribution is 5.80.